The number of hydrogen-bond acceptors (Lipinski definition) is 9. The number of aromatic nitrogens is 4. The van der Waals surface area contributed by atoms with Gasteiger partial charge in [-0.25, -0.2) is 4.79 Å². The Balaban J connectivity index is 1.77. The van der Waals surface area contributed by atoms with Crippen molar-refractivity contribution in [3.63, 3.8) is 0 Å². The second-order valence-electron chi connectivity index (χ2n) is 7.18. The van der Waals surface area contributed by atoms with Gasteiger partial charge in [-0.3, -0.25) is 14.6 Å². The largest absolute Gasteiger partial charge is 0.459 e. The molecule has 3 aromatic rings. The number of nitrogens with two attached hydrogens (primary N) is 1. The lowest BCUT2D eigenvalue weighted by Gasteiger charge is -2.10. The van der Waals surface area contributed by atoms with Gasteiger partial charge in [0.2, 0.25) is 5.91 Å². The van der Waals surface area contributed by atoms with Crippen molar-refractivity contribution in [3.05, 3.63) is 40.4 Å². The molecule has 3 N–H and O–H groups in total. The minimum Gasteiger partial charge on any atom is -0.459 e. The third kappa shape index (κ3) is 5.57. The molecular formula is C21H24N6O4S2. The van der Waals surface area contributed by atoms with E-state index in [1.807, 2.05) is 29.7 Å². The number of primary amides is 1. The number of rotatable bonds is 9. The van der Waals surface area contributed by atoms with Gasteiger partial charge in [0.15, 0.2) is 11.0 Å². The van der Waals surface area contributed by atoms with Crippen LogP contribution in [0.3, 0.4) is 0 Å². The van der Waals surface area contributed by atoms with Crippen LogP contribution >= 0.6 is 23.1 Å². The van der Waals surface area contributed by atoms with Crippen LogP contribution in [0.4, 0.5) is 5.00 Å². The minimum atomic E-state index is -0.677. The van der Waals surface area contributed by atoms with Crippen molar-refractivity contribution in [1.82, 2.24) is 19.7 Å². The molecule has 0 aromatic carbocycles. The second kappa shape index (κ2) is 10.6. The van der Waals surface area contributed by atoms with E-state index in [9.17, 15) is 14.4 Å². The third-order valence-corrected chi connectivity index (χ3v) is 6.62. The van der Waals surface area contributed by atoms with E-state index in [0.29, 0.717) is 28.8 Å². The van der Waals surface area contributed by atoms with Crippen LogP contribution in [0, 0.1) is 6.92 Å². The molecule has 0 fully saturated rings. The fourth-order valence-electron chi connectivity index (χ4n) is 3.01. The second-order valence-corrected chi connectivity index (χ2v) is 9.14. The molecule has 3 rings (SSSR count). The van der Waals surface area contributed by atoms with Crippen LogP contribution in [0.1, 0.15) is 46.4 Å². The maximum Gasteiger partial charge on any atom is 0.341 e. The van der Waals surface area contributed by atoms with Gasteiger partial charge in [-0.05, 0) is 45.4 Å². The maximum atomic E-state index is 12.7. The molecule has 0 aliphatic carbocycles. The number of hydrogen-bond donors (Lipinski definition) is 2. The Hall–Kier alpha value is -3.25. The monoisotopic (exact) mass is 488 g/mol. The number of pyridine rings is 1. The Morgan fingerprint density at radius 2 is 2.03 bits per heavy atom. The zero-order valence-corrected chi connectivity index (χ0v) is 20.2. The molecule has 174 valence electrons. The van der Waals surface area contributed by atoms with Gasteiger partial charge in [-0.15, -0.1) is 21.5 Å². The summed E-state index contributed by atoms with van der Waals surface area (Å²) in [5.74, 6) is -1.05. The van der Waals surface area contributed by atoms with Crippen molar-refractivity contribution in [2.45, 2.75) is 45.5 Å². The Kier molecular flexibility index (Phi) is 7.82. The summed E-state index contributed by atoms with van der Waals surface area (Å²) in [5.41, 5.74) is 6.63. The summed E-state index contributed by atoms with van der Waals surface area (Å²) >= 11 is 2.15. The van der Waals surface area contributed by atoms with Crippen molar-refractivity contribution >= 4 is 45.9 Å². The highest BCUT2D eigenvalue weighted by atomic mass is 32.2. The van der Waals surface area contributed by atoms with Gasteiger partial charge in [0.25, 0.3) is 5.91 Å². The number of carbonyl (C=O) groups is 3. The molecule has 3 heterocycles. The highest BCUT2D eigenvalue weighted by molar-refractivity contribution is 7.99. The summed E-state index contributed by atoms with van der Waals surface area (Å²) in [6.45, 7) is 7.58. The fraction of sp³-hybridized carbons (Fsp3) is 0.333. The van der Waals surface area contributed by atoms with Gasteiger partial charge in [0.1, 0.15) is 10.7 Å². The number of nitrogens with one attached hydrogen (secondary N) is 1. The summed E-state index contributed by atoms with van der Waals surface area (Å²) in [6, 6.07) is 5.52. The number of nitrogens with zero attached hydrogens (tertiary/aromatic N) is 4. The van der Waals surface area contributed by atoms with E-state index in [1.54, 1.807) is 27.0 Å². The van der Waals surface area contributed by atoms with Gasteiger partial charge in [-0.1, -0.05) is 17.8 Å². The Labute approximate surface area is 198 Å². The van der Waals surface area contributed by atoms with Crippen molar-refractivity contribution in [1.29, 1.82) is 0 Å². The number of ether oxygens (including phenoxy) is 1. The number of anilines is 1. The average molecular weight is 489 g/mol. The molecule has 33 heavy (non-hydrogen) atoms. The topological polar surface area (TPSA) is 142 Å². The predicted molar refractivity (Wildman–Crippen MR) is 126 cm³/mol. The maximum absolute atomic E-state index is 12.7. The van der Waals surface area contributed by atoms with Gasteiger partial charge >= 0.3 is 5.97 Å². The van der Waals surface area contributed by atoms with E-state index in [0.717, 1.165) is 11.3 Å². The summed E-state index contributed by atoms with van der Waals surface area (Å²) in [4.78, 5) is 41.5. The van der Waals surface area contributed by atoms with Crippen molar-refractivity contribution in [2.24, 2.45) is 5.73 Å². The SMILES string of the molecule is CCn1c(SCC(=O)Nc2sc(C(N)=O)c(C)c2C(=O)OC(C)C)nnc1-c1ccccn1. The number of carbonyl (C=O) groups excluding carboxylic acids is 3. The van der Waals surface area contributed by atoms with Gasteiger partial charge in [0.05, 0.1) is 22.3 Å². The van der Waals surface area contributed by atoms with Gasteiger partial charge in [-0.2, -0.15) is 0 Å². The summed E-state index contributed by atoms with van der Waals surface area (Å²) in [5, 5.41) is 11.9. The van der Waals surface area contributed by atoms with Crippen LogP contribution in [0.5, 0.6) is 0 Å². The molecule has 2 amide bonds. The molecule has 0 bridgehead atoms. The first-order chi connectivity index (χ1) is 15.7. The summed E-state index contributed by atoms with van der Waals surface area (Å²) < 4.78 is 7.14. The normalized spacial score (nSPS) is 10.9. The molecular weight excluding hydrogens is 464 g/mol. The molecule has 10 nitrogen and oxygen atoms in total. The number of thioether (sulfide) groups is 1. The molecule has 0 unspecified atom stereocenters. The first-order valence-electron chi connectivity index (χ1n) is 10.1. The zero-order chi connectivity index (χ0) is 24.1. The molecule has 0 atom stereocenters. The van der Waals surface area contributed by atoms with E-state index in [-0.39, 0.29) is 33.2 Å². The van der Waals surface area contributed by atoms with Crippen molar-refractivity contribution < 1.29 is 19.1 Å². The molecule has 0 saturated heterocycles. The third-order valence-electron chi connectivity index (χ3n) is 4.43. The van der Waals surface area contributed by atoms with E-state index in [2.05, 4.69) is 20.5 Å². The van der Waals surface area contributed by atoms with Crippen LogP contribution in [-0.4, -0.2) is 49.4 Å². The highest BCUT2D eigenvalue weighted by Gasteiger charge is 2.26. The highest BCUT2D eigenvalue weighted by Crippen LogP contribution is 2.34. The van der Waals surface area contributed by atoms with Crippen LogP contribution in [0.15, 0.2) is 29.6 Å². The summed E-state index contributed by atoms with van der Waals surface area (Å²) in [6.07, 6.45) is 1.32. The van der Waals surface area contributed by atoms with Gasteiger partial charge in [0, 0.05) is 12.7 Å². The molecule has 0 aliphatic rings. The van der Waals surface area contributed by atoms with Crippen LogP contribution in [0.2, 0.25) is 0 Å². The van der Waals surface area contributed by atoms with E-state index >= 15 is 0 Å². The van der Waals surface area contributed by atoms with Crippen LogP contribution in [0.25, 0.3) is 11.5 Å². The molecule has 3 aromatic heterocycles. The van der Waals surface area contributed by atoms with E-state index in [4.69, 9.17) is 10.5 Å². The fourth-order valence-corrected chi connectivity index (χ4v) is 4.88. The Bertz CT molecular complexity index is 1170. The Morgan fingerprint density at radius 3 is 2.64 bits per heavy atom. The number of esters is 1. The first-order valence-corrected chi connectivity index (χ1v) is 11.9. The molecule has 0 aliphatic heterocycles. The lowest BCUT2D eigenvalue weighted by Crippen LogP contribution is -2.18. The molecule has 0 spiro atoms. The molecule has 12 heteroatoms. The van der Waals surface area contributed by atoms with E-state index < -0.39 is 11.9 Å². The van der Waals surface area contributed by atoms with Gasteiger partial charge < -0.3 is 20.4 Å². The Morgan fingerprint density at radius 1 is 1.27 bits per heavy atom. The quantitative estimate of drug-likeness (QED) is 0.345. The standard InChI is InChI=1S/C21H24N6O4S2/c1-5-27-18(13-8-6-7-9-23-13)25-26-21(27)32-10-14(28)24-19-15(20(30)31-11(2)3)12(4)16(33-19)17(22)29/h6-9,11H,5,10H2,1-4H3,(H2,22,29)(H,24,28). The van der Waals surface area contributed by atoms with E-state index in [1.165, 1.54) is 11.8 Å². The van der Waals surface area contributed by atoms with Crippen molar-refractivity contribution in [2.75, 3.05) is 11.1 Å². The van der Waals surface area contributed by atoms with Crippen LogP contribution in [-0.2, 0) is 16.1 Å². The zero-order valence-electron chi connectivity index (χ0n) is 18.6. The molecule has 0 radical (unpaired) electrons. The first kappa shape index (κ1) is 24.4. The smallest absolute Gasteiger partial charge is 0.341 e. The van der Waals surface area contributed by atoms with Crippen LogP contribution < -0.4 is 11.1 Å². The predicted octanol–water partition coefficient (Wildman–Crippen LogP) is 3.12. The minimum absolute atomic E-state index is 0.0157. The number of thiophene rings is 1. The summed E-state index contributed by atoms with van der Waals surface area (Å²) in [7, 11) is 0. The lowest BCUT2D eigenvalue weighted by molar-refractivity contribution is -0.113. The molecule has 0 saturated carbocycles. The lowest BCUT2D eigenvalue weighted by atomic mass is 10.1. The van der Waals surface area contributed by atoms with Crippen molar-refractivity contribution in [3.8, 4) is 11.5 Å². The number of amides is 2. The average Bonchev–Trinajstić information content (AvgIpc) is 3.32.